The van der Waals surface area contributed by atoms with Crippen molar-refractivity contribution in [1.29, 1.82) is 0 Å². The zero-order valence-electron chi connectivity index (χ0n) is 13.8. The molecule has 1 aliphatic heterocycles. The minimum absolute atomic E-state index is 0.0236. The van der Waals surface area contributed by atoms with Crippen LogP contribution in [0, 0.1) is 0 Å². The number of aromatic nitrogens is 1. The Bertz CT molecular complexity index is 697. The molecular weight excluding hydrogens is 324 g/mol. The van der Waals surface area contributed by atoms with Gasteiger partial charge in [0.15, 0.2) is 5.13 Å². The van der Waals surface area contributed by atoms with E-state index in [9.17, 15) is 9.59 Å². The van der Waals surface area contributed by atoms with Gasteiger partial charge in [-0.15, -0.1) is 0 Å². The van der Waals surface area contributed by atoms with Gasteiger partial charge in [-0.25, -0.2) is 4.98 Å². The Labute approximate surface area is 145 Å². The minimum atomic E-state index is -0.0236. The summed E-state index contributed by atoms with van der Waals surface area (Å²) < 4.78 is 1.12. The zero-order valence-corrected chi connectivity index (χ0v) is 14.6. The molecule has 1 N–H and O–H groups in total. The quantitative estimate of drug-likeness (QED) is 0.777. The molecule has 1 saturated heterocycles. The fourth-order valence-corrected chi connectivity index (χ4v) is 3.73. The van der Waals surface area contributed by atoms with Gasteiger partial charge < -0.3 is 15.1 Å². The lowest BCUT2D eigenvalue weighted by atomic mass is 10.3. The van der Waals surface area contributed by atoms with Crippen molar-refractivity contribution < 1.29 is 9.59 Å². The standard InChI is InChI=1S/C17H22N4O2S/c1-20(17-19-13-6-2-3-7-14(13)24-17)12-15(22)18-9-5-11-21-10-4-8-16(21)23/h2-3,6-7H,4-5,8-12H2,1H3,(H,18,22). The van der Waals surface area contributed by atoms with E-state index < -0.39 is 0 Å². The average Bonchev–Trinajstić information content (AvgIpc) is 3.17. The van der Waals surface area contributed by atoms with Crippen LogP contribution in [-0.2, 0) is 9.59 Å². The number of nitrogens with zero attached hydrogens (tertiary/aromatic N) is 3. The Morgan fingerprint density at radius 3 is 3.00 bits per heavy atom. The number of likely N-dealkylation sites (tertiary alicyclic amines) is 1. The first-order chi connectivity index (χ1) is 11.6. The molecule has 1 aromatic carbocycles. The van der Waals surface area contributed by atoms with Crippen molar-refractivity contribution in [3.63, 3.8) is 0 Å². The van der Waals surface area contributed by atoms with Crippen LogP contribution in [0.25, 0.3) is 10.2 Å². The number of amides is 2. The van der Waals surface area contributed by atoms with Crippen molar-refractivity contribution in [1.82, 2.24) is 15.2 Å². The Morgan fingerprint density at radius 1 is 1.42 bits per heavy atom. The van der Waals surface area contributed by atoms with Gasteiger partial charge in [0.25, 0.3) is 0 Å². The molecule has 2 heterocycles. The summed E-state index contributed by atoms with van der Waals surface area (Å²) >= 11 is 1.58. The lowest BCUT2D eigenvalue weighted by Gasteiger charge is -2.17. The molecule has 3 rings (SSSR count). The molecule has 0 radical (unpaired) electrons. The molecule has 0 bridgehead atoms. The highest BCUT2D eigenvalue weighted by molar-refractivity contribution is 7.22. The van der Waals surface area contributed by atoms with E-state index in [4.69, 9.17) is 0 Å². The average molecular weight is 346 g/mol. The molecule has 1 aliphatic rings. The molecule has 6 nitrogen and oxygen atoms in total. The maximum Gasteiger partial charge on any atom is 0.239 e. The number of rotatable bonds is 7. The van der Waals surface area contributed by atoms with Crippen molar-refractivity contribution in [2.45, 2.75) is 19.3 Å². The fourth-order valence-electron chi connectivity index (χ4n) is 2.80. The van der Waals surface area contributed by atoms with E-state index in [1.54, 1.807) is 11.3 Å². The maximum atomic E-state index is 12.0. The van der Waals surface area contributed by atoms with Gasteiger partial charge in [-0.2, -0.15) is 0 Å². The number of thiazole rings is 1. The predicted molar refractivity (Wildman–Crippen MR) is 96.3 cm³/mol. The van der Waals surface area contributed by atoms with E-state index in [0.717, 1.165) is 41.3 Å². The molecule has 128 valence electrons. The van der Waals surface area contributed by atoms with Gasteiger partial charge in [0, 0.05) is 33.1 Å². The van der Waals surface area contributed by atoms with Crippen molar-refractivity contribution in [2.75, 3.05) is 38.1 Å². The van der Waals surface area contributed by atoms with E-state index in [0.29, 0.717) is 13.0 Å². The van der Waals surface area contributed by atoms with Gasteiger partial charge in [-0.1, -0.05) is 23.5 Å². The number of anilines is 1. The molecule has 0 saturated carbocycles. The molecule has 0 atom stereocenters. The fraction of sp³-hybridized carbons (Fsp3) is 0.471. The van der Waals surface area contributed by atoms with Crippen LogP contribution in [-0.4, -0.2) is 54.9 Å². The number of nitrogens with one attached hydrogen (secondary N) is 1. The summed E-state index contributed by atoms with van der Waals surface area (Å²) in [6, 6.07) is 7.96. The number of carbonyl (C=O) groups excluding carboxylic acids is 2. The molecule has 0 spiro atoms. The Hall–Kier alpha value is -2.15. The van der Waals surface area contributed by atoms with Crippen LogP contribution < -0.4 is 10.2 Å². The first-order valence-corrected chi connectivity index (χ1v) is 9.06. The summed E-state index contributed by atoms with van der Waals surface area (Å²) in [5.74, 6) is 0.210. The smallest absolute Gasteiger partial charge is 0.239 e. The summed E-state index contributed by atoms with van der Waals surface area (Å²) in [4.78, 5) is 31.8. The number of benzene rings is 1. The van der Waals surface area contributed by atoms with Crippen molar-refractivity contribution in [2.24, 2.45) is 0 Å². The molecule has 0 unspecified atom stereocenters. The summed E-state index contributed by atoms with van der Waals surface area (Å²) in [6.45, 7) is 2.46. The monoisotopic (exact) mass is 346 g/mol. The second kappa shape index (κ2) is 7.61. The molecule has 2 aromatic rings. The summed E-state index contributed by atoms with van der Waals surface area (Å²) in [7, 11) is 1.88. The first-order valence-electron chi connectivity index (χ1n) is 8.24. The van der Waals surface area contributed by atoms with Crippen LogP contribution in [0.2, 0.25) is 0 Å². The van der Waals surface area contributed by atoms with Crippen molar-refractivity contribution in [3.8, 4) is 0 Å². The number of para-hydroxylation sites is 1. The first kappa shape index (κ1) is 16.7. The third-order valence-electron chi connectivity index (χ3n) is 4.09. The predicted octanol–water partition coefficient (Wildman–Crippen LogP) is 1.86. The van der Waals surface area contributed by atoms with Crippen LogP contribution in [0.15, 0.2) is 24.3 Å². The van der Waals surface area contributed by atoms with Gasteiger partial charge in [0.05, 0.1) is 16.8 Å². The lowest BCUT2D eigenvalue weighted by molar-refractivity contribution is -0.127. The normalized spacial score (nSPS) is 14.4. The molecule has 24 heavy (non-hydrogen) atoms. The molecule has 1 fully saturated rings. The van der Waals surface area contributed by atoms with Crippen LogP contribution in [0.4, 0.5) is 5.13 Å². The van der Waals surface area contributed by atoms with Crippen molar-refractivity contribution >= 4 is 38.5 Å². The second-order valence-electron chi connectivity index (χ2n) is 6.01. The topological polar surface area (TPSA) is 65.5 Å². The largest absolute Gasteiger partial charge is 0.354 e. The zero-order chi connectivity index (χ0) is 16.9. The van der Waals surface area contributed by atoms with Crippen molar-refractivity contribution in [3.05, 3.63) is 24.3 Å². The van der Waals surface area contributed by atoms with E-state index in [1.807, 2.05) is 41.1 Å². The van der Waals surface area contributed by atoms with Gasteiger partial charge in [0.2, 0.25) is 11.8 Å². The molecule has 7 heteroatoms. The SMILES string of the molecule is CN(CC(=O)NCCCN1CCCC1=O)c1nc2ccccc2s1. The Morgan fingerprint density at radius 2 is 2.25 bits per heavy atom. The number of carbonyl (C=O) groups is 2. The third-order valence-corrected chi connectivity index (χ3v) is 5.24. The van der Waals surface area contributed by atoms with E-state index >= 15 is 0 Å². The summed E-state index contributed by atoms with van der Waals surface area (Å²) in [5.41, 5.74) is 0.958. The van der Waals surface area contributed by atoms with Crippen LogP contribution in [0.5, 0.6) is 0 Å². The van der Waals surface area contributed by atoms with Gasteiger partial charge in [-0.3, -0.25) is 9.59 Å². The van der Waals surface area contributed by atoms with Gasteiger partial charge in [-0.05, 0) is 25.0 Å². The minimum Gasteiger partial charge on any atom is -0.354 e. The van der Waals surface area contributed by atoms with E-state index in [1.165, 1.54) is 0 Å². The molecule has 1 aromatic heterocycles. The number of hydrogen-bond acceptors (Lipinski definition) is 5. The Kier molecular flexibility index (Phi) is 5.30. The van der Waals surface area contributed by atoms with E-state index in [-0.39, 0.29) is 18.4 Å². The Balaban J connectivity index is 1.41. The van der Waals surface area contributed by atoms with Crippen LogP contribution >= 0.6 is 11.3 Å². The molecule has 2 amide bonds. The molecular formula is C17H22N4O2S. The van der Waals surface area contributed by atoms with Gasteiger partial charge >= 0.3 is 0 Å². The number of fused-ring (bicyclic) bond motifs is 1. The number of likely N-dealkylation sites (N-methyl/N-ethyl adjacent to an activating group) is 1. The highest BCUT2D eigenvalue weighted by atomic mass is 32.1. The van der Waals surface area contributed by atoms with Crippen LogP contribution in [0.3, 0.4) is 0 Å². The third kappa shape index (κ3) is 4.03. The molecule has 0 aliphatic carbocycles. The summed E-state index contributed by atoms with van der Waals surface area (Å²) in [5, 5.41) is 3.76. The second-order valence-corrected chi connectivity index (χ2v) is 7.02. The highest BCUT2D eigenvalue weighted by Gasteiger charge is 2.19. The number of hydrogen-bond donors (Lipinski definition) is 1. The van der Waals surface area contributed by atoms with Gasteiger partial charge in [0.1, 0.15) is 0 Å². The van der Waals surface area contributed by atoms with Crippen LogP contribution in [0.1, 0.15) is 19.3 Å². The van der Waals surface area contributed by atoms with E-state index in [2.05, 4.69) is 10.3 Å². The highest BCUT2D eigenvalue weighted by Crippen LogP contribution is 2.27. The lowest BCUT2D eigenvalue weighted by Crippen LogP contribution is -2.36. The maximum absolute atomic E-state index is 12.0. The summed E-state index contributed by atoms with van der Waals surface area (Å²) in [6.07, 6.45) is 2.42.